The number of carbonyl (C=O) groups excluding carboxylic acids is 1. The number of hydrogen-bond donors (Lipinski definition) is 0. The highest BCUT2D eigenvalue weighted by molar-refractivity contribution is 5.94. The molecule has 5 heteroatoms. The molecule has 0 saturated carbocycles. The van der Waals surface area contributed by atoms with Crippen LogP contribution in [0, 0.1) is 0 Å². The average molecular weight is 275 g/mol. The summed E-state index contributed by atoms with van der Waals surface area (Å²) in [4.78, 5) is 20.7. The second kappa shape index (κ2) is 5.50. The summed E-state index contributed by atoms with van der Waals surface area (Å²) in [6.45, 7) is 4.11. The summed E-state index contributed by atoms with van der Waals surface area (Å²) in [7, 11) is 2.13. The van der Waals surface area contributed by atoms with E-state index in [9.17, 15) is 4.79 Å². The molecule has 108 valence electrons. The zero-order chi connectivity index (χ0) is 14.0. The highest BCUT2D eigenvalue weighted by Gasteiger charge is 2.40. The number of piperidine rings is 1. The van der Waals surface area contributed by atoms with Gasteiger partial charge in [-0.05, 0) is 32.0 Å². The van der Waals surface area contributed by atoms with Crippen LogP contribution in [-0.2, 0) is 4.74 Å². The van der Waals surface area contributed by atoms with E-state index in [-0.39, 0.29) is 11.5 Å². The Bertz CT molecular complexity index is 469. The average Bonchev–Trinajstić information content (AvgIpc) is 2.51. The van der Waals surface area contributed by atoms with Crippen molar-refractivity contribution < 1.29 is 9.53 Å². The quantitative estimate of drug-likeness (QED) is 0.767. The van der Waals surface area contributed by atoms with Gasteiger partial charge in [0, 0.05) is 37.6 Å². The molecule has 0 aliphatic carbocycles. The Balaban J connectivity index is 1.71. The van der Waals surface area contributed by atoms with Crippen LogP contribution < -0.4 is 0 Å². The van der Waals surface area contributed by atoms with Crippen LogP contribution >= 0.6 is 0 Å². The van der Waals surface area contributed by atoms with Crippen molar-refractivity contribution in [1.29, 1.82) is 0 Å². The van der Waals surface area contributed by atoms with Crippen LogP contribution in [0.5, 0.6) is 0 Å². The van der Waals surface area contributed by atoms with E-state index in [4.69, 9.17) is 4.74 Å². The van der Waals surface area contributed by atoms with Gasteiger partial charge in [0.15, 0.2) is 0 Å². The van der Waals surface area contributed by atoms with Crippen LogP contribution in [-0.4, -0.2) is 66.1 Å². The maximum absolute atomic E-state index is 12.5. The highest BCUT2D eigenvalue weighted by Crippen LogP contribution is 2.30. The van der Waals surface area contributed by atoms with E-state index in [0.717, 1.165) is 25.9 Å². The van der Waals surface area contributed by atoms with Gasteiger partial charge in [0.1, 0.15) is 0 Å². The molecule has 0 N–H and O–H groups in total. The number of carbonyl (C=O) groups is 1. The second-order valence-corrected chi connectivity index (χ2v) is 5.80. The normalized spacial score (nSPS) is 22.9. The Labute approximate surface area is 119 Å². The van der Waals surface area contributed by atoms with Crippen molar-refractivity contribution in [3.63, 3.8) is 0 Å². The molecule has 0 radical (unpaired) electrons. The molecule has 1 spiro atoms. The van der Waals surface area contributed by atoms with Crippen LogP contribution in [0.3, 0.4) is 0 Å². The molecule has 1 amide bonds. The summed E-state index contributed by atoms with van der Waals surface area (Å²) in [5.74, 6) is 0.0917. The molecule has 3 rings (SSSR count). The van der Waals surface area contributed by atoms with E-state index in [2.05, 4.69) is 16.9 Å². The van der Waals surface area contributed by atoms with Crippen molar-refractivity contribution in [2.75, 3.05) is 39.8 Å². The molecular weight excluding hydrogens is 254 g/mol. The van der Waals surface area contributed by atoms with Crippen LogP contribution in [0.1, 0.15) is 23.2 Å². The summed E-state index contributed by atoms with van der Waals surface area (Å²) in [6, 6.07) is 3.55. The summed E-state index contributed by atoms with van der Waals surface area (Å²) in [5.41, 5.74) is 0.581. The third kappa shape index (κ3) is 2.69. The zero-order valence-electron chi connectivity index (χ0n) is 11.9. The van der Waals surface area contributed by atoms with Crippen LogP contribution in [0.15, 0.2) is 24.5 Å². The standard InChI is InChI=1S/C15H21N3O2/c1-17-8-4-15(5-9-17)12-18(10-11-20-15)14(19)13-2-6-16-7-3-13/h2-3,6-7H,4-5,8-12H2,1H3. The van der Waals surface area contributed by atoms with Gasteiger partial charge in [-0.1, -0.05) is 0 Å². The first-order valence-electron chi connectivity index (χ1n) is 7.20. The molecule has 3 heterocycles. The van der Waals surface area contributed by atoms with E-state index in [0.29, 0.717) is 25.3 Å². The van der Waals surface area contributed by atoms with Gasteiger partial charge in [0.2, 0.25) is 0 Å². The molecular formula is C15H21N3O2. The van der Waals surface area contributed by atoms with E-state index >= 15 is 0 Å². The van der Waals surface area contributed by atoms with Crippen molar-refractivity contribution in [2.24, 2.45) is 0 Å². The van der Waals surface area contributed by atoms with E-state index in [1.54, 1.807) is 24.5 Å². The van der Waals surface area contributed by atoms with Gasteiger partial charge in [-0.3, -0.25) is 9.78 Å². The van der Waals surface area contributed by atoms with Crippen molar-refractivity contribution in [3.8, 4) is 0 Å². The second-order valence-electron chi connectivity index (χ2n) is 5.80. The molecule has 0 atom stereocenters. The lowest BCUT2D eigenvalue weighted by atomic mass is 9.89. The lowest BCUT2D eigenvalue weighted by molar-refractivity contribution is -0.125. The fraction of sp³-hybridized carbons (Fsp3) is 0.600. The number of amides is 1. The molecule has 1 aromatic rings. The predicted octanol–water partition coefficient (Wildman–Crippen LogP) is 1.02. The number of rotatable bonds is 1. The SMILES string of the molecule is CN1CCC2(CC1)CN(C(=O)c1ccncc1)CCO2. The van der Waals surface area contributed by atoms with Gasteiger partial charge >= 0.3 is 0 Å². The maximum Gasteiger partial charge on any atom is 0.254 e. The van der Waals surface area contributed by atoms with Gasteiger partial charge in [0.05, 0.1) is 18.8 Å². The largest absolute Gasteiger partial charge is 0.371 e. The van der Waals surface area contributed by atoms with E-state index < -0.39 is 0 Å². The van der Waals surface area contributed by atoms with Gasteiger partial charge in [-0.2, -0.15) is 0 Å². The summed E-state index contributed by atoms with van der Waals surface area (Å²) in [6.07, 6.45) is 5.34. The maximum atomic E-state index is 12.5. The molecule has 20 heavy (non-hydrogen) atoms. The number of morpholine rings is 1. The molecule has 0 aromatic carbocycles. The minimum absolute atomic E-state index is 0.0917. The number of pyridine rings is 1. The first kappa shape index (κ1) is 13.5. The lowest BCUT2D eigenvalue weighted by Gasteiger charge is -2.46. The molecule has 0 bridgehead atoms. The minimum atomic E-state index is -0.131. The number of aromatic nitrogens is 1. The lowest BCUT2D eigenvalue weighted by Crippen LogP contribution is -2.57. The number of nitrogens with zero attached hydrogens (tertiary/aromatic N) is 3. The van der Waals surface area contributed by atoms with Gasteiger partial charge in [-0.25, -0.2) is 0 Å². The third-order valence-corrected chi connectivity index (χ3v) is 4.36. The Kier molecular flexibility index (Phi) is 3.72. The number of likely N-dealkylation sites (tertiary alicyclic amines) is 1. The third-order valence-electron chi connectivity index (χ3n) is 4.36. The summed E-state index contributed by atoms with van der Waals surface area (Å²) >= 11 is 0. The fourth-order valence-corrected chi connectivity index (χ4v) is 3.02. The molecule has 2 aliphatic rings. The minimum Gasteiger partial charge on any atom is -0.371 e. The van der Waals surface area contributed by atoms with Gasteiger partial charge in [0.25, 0.3) is 5.91 Å². The van der Waals surface area contributed by atoms with Gasteiger partial charge in [-0.15, -0.1) is 0 Å². The van der Waals surface area contributed by atoms with Gasteiger partial charge < -0.3 is 14.5 Å². The number of ether oxygens (including phenoxy) is 1. The Morgan fingerprint density at radius 3 is 2.65 bits per heavy atom. The Hall–Kier alpha value is -1.46. The summed E-state index contributed by atoms with van der Waals surface area (Å²) < 4.78 is 6.04. The first-order valence-corrected chi connectivity index (χ1v) is 7.20. The topological polar surface area (TPSA) is 45.7 Å². The van der Waals surface area contributed by atoms with Crippen LogP contribution in [0.4, 0.5) is 0 Å². The zero-order valence-corrected chi connectivity index (χ0v) is 11.9. The first-order chi connectivity index (χ1) is 9.69. The summed E-state index contributed by atoms with van der Waals surface area (Å²) in [5, 5.41) is 0. The van der Waals surface area contributed by atoms with Crippen LogP contribution in [0.25, 0.3) is 0 Å². The molecule has 2 saturated heterocycles. The Morgan fingerprint density at radius 2 is 1.95 bits per heavy atom. The van der Waals surface area contributed by atoms with Crippen molar-refractivity contribution in [1.82, 2.24) is 14.8 Å². The highest BCUT2D eigenvalue weighted by atomic mass is 16.5. The molecule has 2 aliphatic heterocycles. The number of hydrogen-bond acceptors (Lipinski definition) is 4. The molecule has 1 aromatic heterocycles. The predicted molar refractivity (Wildman–Crippen MR) is 75.6 cm³/mol. The molecule has 2 fully saturated rings. The van der Waals surface area contributed by atoms with Crippen molar-refractivity contribution >= 4 is 5.91 Å². The molecule has 0 unspecified atom stereocenters. The fourth-order valence-electron chi connectivity index (χ4n) is 3.02. The van der Waals surface area contributed by atoms with Crippen LogP contribution in [0.2, 0.25) is 0 Å². The smallest absolute Gasteiger partial charge is 0.254 e. The van der Waals surface area contributed by atoms with E-state index in [1.807, 2.05) is 4.90 Å². The van der Waals surface area contributed by atoms with Crippen molar-refractivity contribution in [3.05, 3.63) is 30.1 Å². The van der Waals surface area contributed by atoms with Crippen molar-refractivity contribution in [2.45, 2.75) is 18.4 Å². The Morgan fingerprint density at radius 1 is 1.25 bits per heavy atom. The molecule has 5 nitrogen and oxygen atoms in total. The van der Waals surface area contributed by atoms with E-state index in [1.165, 1.54) is 0 Å². The monoisotopic (exact) mass is 275 g/mol.